The van der Waals surface area contributed by atoms with Crippen LogP contribution in [0.1, 0.15) is 34.3 Å². The first kappa shape index (κ1) is 22.3. The molecule has 1 aliphatic heterocycles. The molecule has 0 unspecified atom stereocenters. The summed E-state index contributed by atoms with van der Waals surface area (Å²) in [4.78, 5) is 33.3. The van der Waals surface area contributed by atoms with Crippen molar-refractivity contribution in [1.82, 2.24) is 9.62 Å². The zero-order valence-corrected chi connectivity index (χ0v) is 17.4. The van der Waals surface area contributed by atoms with Crippen LogP contribution in [-0.2, 0) is 16.6 Å². The molecule has 31 heavy (non-hydrogen) atoms. The van der Waals surface area contributed by atoms with E-state index in [0.29, 0.717) is 18.7 Å². The molecule has 0 saturated carbocycles. The van der Waals surface area contributed by atoms with Gasteiger partial charge in [0.15, 0.2) is 0 Å². The summed E-state index contributed by atoms with van der Waals surface area (Å²) in [6.07, 6.45) is 1.66. The van der Waals surface area contributed by atoms with Crippen LogP contribution < -0.4 is 5.32 Å². The maximum Gasteiger partial charge on any atom is 0.279 e. The zero-order valence-electron chi connectivity index (χ0n) is 16.6. The number of nitrogens with one attached hydrogen (secondary N) is 1. The summed E-state index contributed by atoms with van der Waals surface area (Å²) < 4.78 is 26.5. The molecule has 1 saturated heterocycles. The standard InChI is InChI=1S/C19H20N4O7S/c1-13-17(22(25)26)10-15(11-18(13)23(27)28)19(24)20-12-14-4-6-16(7-5-14)31(29,30)21-8-2-3-9-21/h4-7,10-11H,2-3,8-9,12H2,1H3,(H,20,24). The lowest BCUT2D eigenvalue weighted by Crippen LogP contribution is -2.28. The Morgan fingerprint density at radius 1 is 1.03 bits per heavy atom. The molecular weight excluding hydrogens is 428 g/mol. The third-order valence-corrected chi connectivity index (χ3v) is 7.00. The van der Waals surface area contributed by atoms with E-state index in [1.54, 1.807) is 12.1 Å². The summed E-state index contributed by atoms with van der Waals surface area (Å²) in [5.41, 5.74) is -0.782. The quantitative estimate of drug-likeness (QED) is 0.504. The van der Waals surface area contributed by atoms with E-state index in [1.165, 1.54) is 23.4 Å². The fraction of sp³-hybridized carbons (Fsp3) is 0.316. The van der Waals surface area contributed by atoms with Crippen LogP contribution in [0.5, 0.6) is 0 Å². The van der Waals surface area contributed by atoms with E-state index in [9.17, 15) is 33.4 Å². The summed E-state index contributed by atoms with van der Waals surface area (Å²) in [7, 11) is -3.54. The molecule has 0 aliphatic carbocycles. The number of nitrogens with zero attached hydrogens (tertiary/aromatic N) is 3. The van der Waals surface area contributed by atoms with Crippen molar-refractivity contribution < 1.29 is 23.1 Å². The molecule has 2 aromatic carbocycles. The number of nitro benzene ring substituents is 2. The summed E-state index contributed by atoms with van der Waals surface area (Å²) in [6, 6.07) is 8.01. The summed E-state index contributed by atoms with van der Waals surface area (Å²) in [5, 5.41) is 24.9. The maximum atomic E-state index is 12.5. The molecule has 0 radical (unpaired) electrons. The average molecular weight is 448 g/mol. The van der Waals surface area contributed by atoms with E-state index in [1.807, 2.05) is 0 Å². The smallest absolute Gasteiger partial charge is 0.279 e. The molecule has 1 N–H and O–H groups in total. The van der Waals surface area contributed by atoms with Gasteiger partial charge in [0.25, 0.3) is 17.3 Å². The number of rotatable bonds is 7. The van der Waals surface area contributed by atoms with E-state index in [-0.39, 0.29) is 22.6 Å². The number of hydrogen-bond acceptors (Lipinski definition) is 7. The van der Waals surface area contributed by atoms with Crippen molar-refractivity contribution in [3.63, 3.8) is 0 Å². The Balaban J connectivity index is 1.74. The average Bonchev–Trinajstić information content (AvgIpc) is 3.28. The number of sulfonamides is 1. The van der Waals surface area contributed by atoms with Crippen molar-refractivity contribution in [2.45, 2.75) is 31.2 Å². The highest BCUT2D eigenvalue weighted by Crippen LogP contribution is 2.29. The van der Waals surface area contributed by atoms with Gasteiger partial charge >= 0.3 is 0 Å². The van der Waals surface area contributed by atoms with Crippen LogP contribution in [0.25, 0.3) is 0 Å². The normalized spacial score (nSPS) is 14.4. The van der Waals surface area contributed by atoms with Crippen LogP contribution in [0.2, 0.25) is 0 Å². The molecule has 11 nitrogen and oxygen atoms in total. The van der Waals surface area contributed by atoms with Gasteiger partial charge in [-0.2, -0.15) is 4.31 Å². The van der Waals surface area contributed by atoms with Gasteiger partial charge in [-0.05, 0) is 37.5 Å². The number of hydrogen-bond donors (Lipinski definition) is 1. The van der Waals surface area contributed by atoms with E-state index >= 15 is 0 Å². The van der Waals surface area contributed by atoms with Crippen molar-refractivity contribution in [2.24, 2.45) is 0 Å². The van der Waals surface area contributed by atoms with Gasteiger partial charge in [0.05, 0.1) is 20.3 Å². The van der Waals surface area contributed by atoms with Crippen LogP contribution >= 0.6 is 0 Å². The third-order valence-electron chi connectivity index (χ3n) is 5.09. The van der Waals surface area contributed by atoms with E-state index in [2.05, 4.69) is 5.32 Å². The van der Waals surface area contributed by atoms with Crippen LogP contribution in [0.3, 0.4) is 0 Å². The van der Waals surface area contributed by atoms with Gasteiger partial charge in [-0.3, -0.25) is 25.0 Å². The molecule has 0 aromatic heterocycles. The second-order valence-electron chi connectivity index (χ2n) is 7.09. The molecule has 0 spiro atoms. The van der Waals surface area contributed by atoms with Crippen LogP contribution in [0, 0.1) is 27.2 Å². The number of amides is 1. The fourth-order valence-electron chi connectivity index (χ4n) is 3.34. The zero-order chi connectivity index (χ0) is 22.8. The molecule has 2 aromatic rings. The predicted octanol–water partition coefficient (Wildman–Crippen LogP) is 2.53. The minimum atomic E-state index is -3.54. The van der Waals surface area contributed by atoms with Gasteiger partial charge in [-0.1, -0.05) is 12.1 Å². The monoisotopic (exact) mass is 448 g/mol. The molecule has 0 atom stereocenters. The highest BCUT2D eigenvalue weighted by molar-refractivity contribution is 7.89. The Bertz CT molecular complexity index is 1110. The molecule has 1 aliphatic rings. The van der Waals surface area contributed by atoms with Crippen molar-refractivity contribution in [1.29, 1.82) is 0 Å². The van der Waals surface area contributed by atoms with Gasteiger partial charge in [0.2, 0.25) is 10.0 Å². The van der Waals surface area contributed by atoms with Crippen molar-refractivity contribution in [2.75, 3.05) is 13.1 Å². The Morgan fingerprint density at radius 3 is 2.03 bits per heavy atom. The lowest BCUT2D eigenvalue weighted by molar-refractivity contribution is -0.395. The van der Waals surface area contributed by atoms with Gasteiger partial charge in [-0.15, -0.1) is 0 Å². The molecule has 12 heteroatoms. The number of nitro groups is 2. The van der Waals surface area contributed by atoms with Crippen LogP contribution in [0.4, 0.5) is 11.4 Å². The highest BCUT2D eigenvalue weighted by atomic mass is 32.2. The Morgan fingerprint density at radius 2 is 1.55 bits per heavy atom. The third kappa shape index (κ3) is 4.70. The molecular formula is C19H20N4O7S. The first-order valence-corrected chi connectivity index (χ1v) is 10.9. The lowest BCUT2D eigenvalue weighted by atomic mass is 10.1. The van der Waals surface area contributed by atoms with Gasteiger partial charge in [0.1, 0.15) is 5.56 Å². The summed E-state index contributed by atoms with van der Waals surface area (Å²) >= 11 is 0. The van der Waals surface area contributed by atoms with Gasteiger partial charge < -0.3 is 5.32 Å². The molecule has 1 heterocycles. The van der Waals surface area contributed by atoms with Crippen LogP contribution in [-0.4, -0.2) is 41.6 Å². The van der Waals surface area contributed by atoms with E-state index in [0.717, 1.165) is 25.0 Å². The Hall–Kier alpha value is -3.38. The van der Waals surface area contributed by atoms with E-state index < -0.39 is 37.2 Å². The number of benzene rings is 2. The van der Waals surface area contributed by atoms with Gasteiger partial charge in [-0.25, -0.2) is 8.42 Å². The Kier molecular flexibility index (Phi) is 6.32. The SMILES string of the molecule is Cc1c([N+](=O)[O-])cc(C(=O)NCc2ccc(S(=O)(=O)N3CCCC3)cc2)cc1[N+](=O)[O-]. The van der Waals surface area contributed by atoms with Crippen molar-refractivity contribution in [3.05, 3.63) is 73.3 Å². The fourth-order valence-corrected chi connectivity index (χ4v) is 4.85. The molecule has 164 valence electrons. The number of carbonyl (C=O) groups excluding carboxylic acids is 1. The van der Waals surface area contributed by atoms with Crippen molar-refractivity contribution in [3.8, 4) is 0 Å². The van der Waals surface area contributed by atoms with Crippen LogP contribution in [0.15, 0.2) is 41.3 Å². The Labute approximate surface area is 178 Å². The minimum absolute atomic E-state index is 0.0122. The molecule has 1 amide bonds. The topological polar surface area (TPSA) is 153 Å². The highest BCUT2D eigenvalue weighted by Gasteiger charge is 2.27. The molecule has 3 rings (SSSR count). The van der Waals surface area contributed by atoms with Crippen molar-refractivity contribution >= 4 is 27.3 Å². The second kappa shape index (κ2) is 8.78. The number of carbonyl (C=O) groups is 1. The predicted molar refractivity (Wildman–Crippen MR) is 110 cm³/mol. The summed E-state index contributed by atoms with van der Waals surface area (Å²) in [6.45, 7) is 2.25. The maximum absolute atomic E-state index is 12.5. The lowest BCUT2D eigenvalue weighted by Gasteiger charge is -2.15. The first-order chi connectivity index (χ1) is 14.6. The van der Waals surface area contributed by atoms with Gasteiger partial charge in [0, 0.05) is 31.8 Å². The summed E-state index contributed by atoms with van der Waals surface area (Å²) in [5.74, 6) is -0.722. The minimum Gasteiger partial charge on any atom is -0.348 e. The first-order valence-electron chi connectivity index (χ1n) is 9.42. The van der Waals surface area contributed by atoms with E-state index in [4.69, 9.17) is 0 Å². The molecule has 0 bridgehead atoms. The second-order valence-corrected chi connectivity index (χ2v) is 9.03. The largest absolute Gasteiger partial charge is 0.348 e. The molecule has 1 fully saturated rings.